The molecule has 4 heterocycles. The lowest BCUT2D eigenvalue weighted by Gasteiger charge is -2.30. The minimum atomic E-state index is -4.86. The van der Waals surface area contributed by atoms with Crippen molar-refractivity contribution in [2.24, 2.45) is 0 Å². The molecule has 17 heteroatoms. The molecule has 0 spiro atoms. The first kappa shape index (κ1) is 27.3. The van der Waals surface area contributed by atoms with E-state index in [0.717, 1.165) is 18.6 Å². The molecule has 38 heavy (non-hydrogen) atoms. The third-order valence-electron chi connectivity index (χ3n) is 5.71. The summed E-state index contributed by atoms with van der Waals surface area (Å²) < 4.78 is 88.7. The molecule has 4 rings (SSSR count). The van der Waals surface area contributed by atoms with Crippen molar-refractivity contribution < 1.29 is 35.5 Å². The molecule has 0 radical (unpaired) electrons. The first-order valence-corrected chi connectivity index (χ1v) is 11.4. The highest BCUT2D eigenvalue weighted by Gasteiger charge is 2.37. The van der Waals surface area contributed by atoms with E-state index in [2.05, 4.69) is 30.6 Å². The summed E-state index contributed by atoms with van der Waals surface area (Å²) in [5, 5.41) is 15.7. The number of aromatic nitrogens is 6. The van der Waals surface area contributed by atoms with Gasteiger partial charge in [0.15, 0.2) is 0 Å². The van der Waals surface area contributed by atoms with Crippen LogP contribution in [0.15, 0.2) is 27.8 Å². The number of hydrogen-bond donors (Lipinski definition) is 2. The molecule has 0 bridgehead atoms. The Balaban J connectivity index is 1.25. The molecule has 0 aliphatic carbocycles. The quantitative estimate of drug-likeness (QED) is 0.404. The van der Waals surface area contributed by atoms with Crippen LogP contribution >= 0.6 is 0 Å². The number of nitrogens with zero attached hydrogens (tertiary/aromatic N) is 6. The van der Waals surface area contributed by atoms with Crippen LogP contribution in [0.5, 0.6) is 0 Å². The van der Waals surface area contributed by atoms with E-state index in [4.69, 9.17) is 9.15 Å². The Hall–Kier alpha value is -3.76. The summed E-state index contributed by atoms with van der Waals surface area (Å²) in [6.07, 6.45) is -5.82. The van der Waals surface area contributed by atoms with Crippen molar-refractivity contribution in [2.75, 3.05) is 29.9 Å². The second-order valence-corrected chi connectivity index (χ2v) is 8.61. The molecule has 1 aliphatic heterocycles. The molecular formula is C21H22F6N8O3. The Labute approximate surface area is 210 Å². The van der Waals surface area contributed by atoms with Gasteiger partial charge in [0.2, 0.25) is 17.7 Å². The molecule has 1 saturated heterocycles. The Morgan fingerprint density at radius 3 is 2.42 bits per heavy atom. The summed E-state index contributed by atoms with van der Waals surface area (Å²) in [7, 11) is 0. The minimum absolute atomic E-state index is 0.0344. The summed E-state index contributed by atoms with van der Waals surface area (Å²) >= 11 is 0. The average Bonchev–Trinajstić information content (AvgIpc) is 3.32. The average molecular weight is 548 g/mol. The van der Waals surface area contributed by atoms with Crippen LogP contribution in [0.3, 0.4) is 0 Å². The van der Waals surface area contributed by atoms with Crippen LogP contribution in [0.4, 0.5) is 38.0 Å². The number of aromatic amines is 1. The SMILES string of the molecule is CC(COCc1nnc(C2CCN(c3ncc(C(F)(F)F)cn3)CC2)o1)Nc1cn[nH]c(=O)c1C(F)(F)F. The van der Waals surface area contributed by atoms with E-state index in [0.29, 0.717) is 31.8 Å². The molecule has 1 aliphatic rings. The second-order valence-electron chi connectivity index (χ2n) is 8.61. The third-order valence-corrected chi connectivity index (χ3v) is 5.71. The van der Waals surface area contributed by atoms with Gasteiger partial charge in [-0.25, -0.2) is 15.1 Å². The van der Waals surface area contributed by atoms with Crippen molar-refractivity contribution in [3.63, 3.8) is 0 Å². The van der Waals surface area contributed by atoms with E-state index < -0.39 is 40.8 Å². The van der Waals surface area contributed by atoms with Crippen molar-refractivity contribution in [1.82, 2.24) is 30.4 Å². The predicted octanol–water partition coefficient (Wildman–Crippen LogP) is 3.38. The van der Waals surface area contributed by atoms with Crippen LogP contribution in [0.2, 0.25) is 0 Å². The predicted molar refractivity (Wildman–Crippen MR) is 118 cm³/mol. The maximum absolute atomic E-state index is 13.2. The molecule has 1 fully saturated rings. The Bertz CT molecular complexity index is 1270. The van der Waals surface area contributed by atoms with Crippen LogP contribution < -0.4 is 15.8 Å². The molecule has 2 N–H and O–H groups in total. The van der Waals surface area contributed by atoms with Crippen molar-refractivity contribution >= 4 is 11.6 Å². The van der Waals surface area contributed by atoms with E-state index in [1.165, 1.54) is 0 Å². The van der Waals surface area contributed by atoms with Gasteiger partial charge in [-0.15, -0.1) is 10.2 Å². The molecule has 1 unspecified atom stereocenters. The fourth-order valence-corrected chi connectivity index (χ4v) is 3.87. The van der Waals surface area contributed by atoms with Gasteiger partial charge in [0.25, 0.3) is 5.56 Å². The highest BCUT2D eigenvalue weighted by Crippen LogP contribution is 2.32. The first-order valence-electron chi connectivity index (χ1n) is 11.4. The number of ether oxygens (including phenoxy) is 1. The van der Waals surface area contributed by atoms with Crippen LogP contribution in [0.25, 0.3) is 0 Å². The largest absolute Gasteiger partial charge is 0.423 e. The highest BCUT2D eigenvalue weighted by molar-refractivity contribution is 5.50. The van der Waals surface area contributed by atoms with Crippen molar-refractivity contribution in [1.29, 1.82) is 0 Å². The van der Waals surface area contributed by atoms with Crippen LogP contribution in [-0.2, 0) is 23.7 Å². The smallest absolute Gasteiger partial charge is 0.422 e. The summed E-state index contributed by atoms with van der Waals surface area (Å²) in [4.78, 5) is 20.9. The zero-order valence-electron chi connectivity index (χ0n) is 19.8. The van der Waals surface area contributed by atoms with Crippen LogP contribution in [0.1, 0.15) is 48.6 Å². The summed E-state index contributed by atoms with van der Waals surface area (Å²) in [6.45, 7) is 2.40. The van der Waals surface area contributed by atoms with Gasteiger partial charge in [-0.2, -0.15) is 31.4 Å². The lowest BCUT2D eigenvalue weighted by atomic mass is 9.97. The van der Waals surface area contributed by atoms with Gasteiger partial charge in [0.05, 0.1) is 24.1 Å². The molecule has 3 aromatic heterocycles. The van der Waals surface area contributed by atoms with Crippen molar-refractivity contribution in [3.05, 3.63) is 51.9 Å². The number of alkyl halides is 6. The van der Waals surface area contributed by atoms with Crippen LogP contribution in [-0.4, -0.2) is 56.1 Å². The molecule has 3 aromatic rings. The monoisotopic (exact) mass is 548 g/mol. The lowest BCUT2D eigenvalue weighted by molar-refractivity contribution is -0.139. The second kappa shape index (κ2) is 10.9. The molecule has 1 atom stereocenters. The molecule has 0 aromatic carbocycles. The van der Waals surface area contributed by atoms with Crippen molar-refractivity contribution in [2.45, 2.75) is 50.7 Å². The number of halogens is 6. The molecule has 0 amide bonds. The maximum atomic E-state index is 13.2. The van der Waals surface area contributed by atoms with Gasteiger partial charge >= 0.3 is 12.4 Å². The molecule has 206 valence electrons. The number of H-pyrrole nitrogens is 1. The number of nitrogens with one attached hydrogen (secondary N) is 2. The van der Waals surface area contributed by atoms with E-state index >= 15 is 0 Å². The Morgan fingerprint density at radius 1 is 1.11 bits per heavy atom. The van der Waals surface area contributed by atoms with E-state index in [1.807, 2.05) is 0 Å². The number of piperidine rings is 1. The standard InChI is InChI=1S/C21H22F6N8O3/c1-11(31-14-8-30-33-17(36)16(14)21(25,26)27)9-37-10-15-32-34-18(38-15)12-2-4-35(5-3-12)19-28-6-13(7-29-19)20(22,23)24/h6-8,11-12H,2-5,9-10H2,1H3,(H2,31,33,36). The fraction of sp³-hybridized carbons (Fsp3) is 0.524. The van der Waals surface area contributed by atoms with Crippen molar-refractivity contribution in [3.8, 4) is 0 Å². The Kier molecular flexibility index (Phi) is 7.84. The van der Waals surface area contributed by atoms with Gasteiger partial charge < -0.3 is 19.4 Å². The normalized spacial score (nSPS) is 16.0. The number of hydrogen-bond acceptors (Lipinski definition) is 10. The first-order chi connectivity index (χ1) is 17.9. The molecular weight excluding hydrogens is 526 g/mol. The Morgan fingerprint density at radius 2 is 1.79 bits per heavy atom. The molecule has 11 nitrogen and oxygen atoms in total. The third kappa shape index (κ3) is 6.56. The molecule has 0 saturated carbocycles. The highest BCUT2D eigenvalue weighted by atomic mass is 19.4. The summed E-state index contributed by atoms with van der Waals surface area (Å²) in [5.41, 5.74) is -4.12. The lowest BCUT2D eigenvalue weighted by Crippen LogP contribution is -2.34. The van der Waals surface area contributed by atoms with Crippen LogP contribution in [0, 0.1) is 0 Å². The van der Waals surface area contributed by atoms with E-state index in [9.17, 15) is 31.1 Å². The summed E-state index contributed by atoms with van der Waals surface area (Å²) in [6, 6.07) is -0.612. The number of anilines is 2. The van der Waals surface area contributed by atoms with Gasteiger partial charge in [-0.1, -0.05) is 0 Å². The van der Waals surface area contributed by atoms with Gasteiger partial charge in [0.1, 0.15) is 12.2 Å². The zero-order valence-corrected chi connectivity index (χ0v) is 19.8. The maximum Gasteiger partial charge on any atom is 0.423 e. The minimum Gasteiger partial charge on any atom is -0.422 e. The van der Waals surface area contributed by atoms with Gasteiger partial charge in [-0.05, 0) is 19.8 Å². The summed E-state index contributed by atoms with van der Waals surface area (Å²) in [5.74, 6) is 0.686. The topological polar surface area (TPSA) is 135 Å². The van der Waals surface area contributed by atoms with E-state index in [1.54, 1.807) is 16.9 Å². The van der Waals surface area contributed by atoms with Gasteiger partial charge in [-0.3, -0.25) is 4.79 Å². The fourth-order valence-electron chi connectivity index (χ4n) is 3.87. The number of rotatable bonds is 8. The van der Waals surface area contributed by atoms with Gasteiger partial charge in [0, 0.05) is 37.4 Å². The van der Waals surface area contributed by atoms with E-state index in [-0.39, 0.29) is 31.0 Å². The zero-order chi connectivity index (χ0) is 27.5.